The molecule has 3 heterocycles. The van der Waals surface area contributed by atoms with Crippen molar-refractivity contribution >= 4 is 11.7 Å². The summed E-state index contributed by atoms with van der Waals surface area (Å²) in [4.78, 5) is 29.8. The van der Waals surface area contributed by atoms with Gasteiger partial charge in [-0.15, -0.1) is 0 Å². The van der Waals surface area contributed by atoms with Crippen LogP contribution in [0, 0.1) is 11.7 Å². The fraction of sp³-hybridized carbons (Fsp3) is 0.360. The Balaban J connectivity index is 1.43. The van der Waals surface area contributed by atoms with E-state index in [0.29, 0.717) is 36.2 Å². The third-order valence-corrected chi connectivity index (χ3v) is 6.96. The fourth-order valence-corrected chi connectivity index (χ4v) is 5.37. The molecule has 1 amide bonds. The largest absolute Gasteiger partial charge is 0.417 e. The van der Waals surface area contributed by atoms with Gasteiger partial charge in [0, 0.05) is 44.3 Å². The first kappa shape index (κ1) is 23.2. The van der Waals surface area contributed by atoms with E-state index in [1.54, 1.807) is 35.3 Å². The zero-order valence-electron chi connectivity index (χ0n) is 19.0. The molecule has 10 heteroatoms. The highest BCUT2D eigenvalue weighted by Crippen LogP contribution is 2.48. The minimum absolute atomic E-state index is 0.193. The van der Waals surface area contributed by atoms with Crippen molar-refractivity contribution in [3.05, 3.63) is 71.9 Å². The van der Waals surface area contributed by atoms with Crippen LogP contribution in [0.4, 0.5) is 23.4 Å². The number of pyridine rings is 1. The number of carbonyl (C=O) groups excluding carboxylic acids is 1. The highest BCUT2D eigenvalue weighted by Gasteiger charge is 2.53. The van der Waals surface area contributed by atoms with Gasteiger partial charge in [0.2, 0.25) is 0 Å². The Morgan fingerprint density at radius 2 is 1.94 bits per heavy atom. The summed E-state index contributed by atoms with van der Waals surface area (Å²) in [5.41, 5.74) is -0.693. The van der Waals surface area contributed by atoms with E-state index in [9.17, 15) is 22.4 Å². The number of likely N-dealkylation sites (N-methyl/N-ethyl adjacent to an activating group) is 1. The molecule has 35 heavy (non-hydrogen) atoms. The van der Waals surface area contributed by atoms with E-state index in [2.05, 4.69) is 15.0 Å². The number of halogens is 4. The van der Waals surface area contributed by atoms with E-state index in [-0.39, 0.29) is 11.5 Å². The number of amides is 1. The first-order chi connectivity index (χ1) is 16.7. The van der Waals surface area contributed by atoms with Crippen molar-refractivity contribution < 1.29 is 22.4 Å². The molecule has 1 aliphatic heterocycles. The zero-order chi connectivity index (χ0) is 24.8. The Morgan fingerprint density at radius 1 is 1.17 bits per heavy atom. The molecule has 0 spiro atoms. The van der Waals surface area contributed by atoms with Gasteiger partial charge < -0.3 is 9.80 Å². The van der Waals surface area contributed by atoms with Crippen LogP contribution in [0.5, 0.6) is 0 Å². The molecule has 2 bridgehead atoms. The number of nitrogens with zero attached hydrogens (tertiary/aromatic N) is 5. The minimum atomic E-state index is -4.46. The van der Waals surface area contributed by atoms with Crippen molar-refractivity contribution in [3.63, 3.8) is 0 Å². The predicted molar refractivity (Wildman–Crippen MR) is 121 cm³/mol. The molecular formula is C25H23F4N5O. The molecule has 2 fully saturated rings. The van der Waals surface area contributed by atoms with E-state index >= 15 is 0 Å². The number of hydrogen-bond donors (Lipinski definition) is 0. The van der Waals surface area contributed by atoms with Crippen LogP contribution in [0.3, 0.4) is 0 Å². The predicted octanol–water partition coefficient (Wildman–Crippen LogP) is 4.83. The quantitative estimate of drug-likeness (QED) is 0.485. The topological polar surface area (TPSA) is 62.2 Å². The minimum Gasteiger partial charge on any atom is -0.357 e. The molecular weight excluding hydrogens is 462 g/mol. The molecule has 2 aliphatic rings. The number of aromatic nitrogens is 3. The molecule has 0 radical (unpaired) electrons. The number of benzene rings is 1. The van der Waals surface area contributed by atoms with Crippen molar-refractivity contribution in [3.8, 4) is 11.4 Å². The SMILES string of the molecule is CN(CC12CCC(CN1C(=O)c1cc(F)ccc1-c1ncccn1)C2)c1ccc(C(F)(F)F)cn1. The van der Waals surface area contributed by atoms with E-state index in [4.69, 9.17) is 0 Å². The van der Waals surface area contributed by atoms with E-state index < -0.39 is 23.1 Å². The summed E-state index contributed by atoms with van der Waals surface area (Å²) in [6.45, 7) is 0.943. The molecule has 1 aromatic carbocycles. The van der Waals surface area contributed by atoms with Gasteiger partial charge in [0.05, 0.1) is 16.7 Å². The third-order valence-electron chi connectivity index (χ3n) is 6.96. The van der Waals surface area contributed by atoms with Gasteiger partial charge in [-0.2, -0.15) is 13.2 Å². The van der Waals surface area contributed by atoms with E-state index in [0.717, 1.165) is 31.5 Å². The summed E-state index contributed by atoms with van der Waals surface area (Å²) in [6.07, 6.45) is 1.96. The number of alkyl halides is 3. The molecule has 3 aromatic rings. The Hall–Kier alpha value is -3.56. The highest BCUT2D eigenvalue weighted by atomic mass is 19.4. The fourth-order valence-electron chi connectivity index (χ4n) is 5.37. The summed E-state index contributed by atoms with van der Waals surface area (Å²) in [7, 11) is 1.75. The summed E-state index contributed by atoms with van der Waals surface area (Å²) in [5.74, 6) is 0.206. The summed E-state index contributed by atoms with van der Waals surface area (Å²) in [6, 6.07) is 8.01. The molecule has 2 aromatic heterocycles. The average Bonchev–Trinajstić information content (AvgIpc) is 3.41. The van der Waals surface area contributed by atoms with Crippen LogP contribution in [0.15, 0.2) is 55.0 Å². The van der Waals surface area contributed by atoms with Crippen molar-refractivity contribution in [2.75, 3.05) is 25.0 Å². The maximum Gasteiger partial charge on any atom is 0.417 e. The van der Waals surface area contributed by atoms with Crippen LogP contribution in [-0.2, 0) is 6.18 Å². The standard InChI is InChI=1S/C25H23F4N5O/c1-33(21-6-3-17(13-32-21)25(27,28)29)15-24-8-7-16(12-24)14-34(24)23(35)20-11-18(26)4-5-19(20)22-30-9-2-10-31-22/h2-6,9-11,13,16H,7-8,12,14-15H2,1H3. The van der Waals surface area contributed by atoms with Crippen molar-refractivity contribution in [1.29, 1.82) is 0 Å². The summed E-state index contributed by atoms with van der Waals surface area (Å²) in [5, 5.41) is 0. The second kappa shape index (κ2) is 8.58. The van der Waals surface area contributed by atoms with Crippen LogP contribution in [-0.4, -0.2) is 51.4 Å². The van der Waals surface area contributed by atoms with Gasteiger partial charge >= 0.3 is 6.18 Å². The Bertz CT molecular complexity index is 1230. The number of likely N-dealkylation sites (tertiary alicyclic amines) is 1. The van der Waals surface area contributed by atoms with Gasteiger partial charge in [-0.25, -0.2) is 19.3 Å². The van der Waals surface area contributed by atoms with Crippen LogP contribution in [0.1, 0.15) is 35.2 Å². The van der Waals surface area contributed by atoms with Crippen molar-refractivity contribution in [2.45, 2.75) is 31.0 Å². The van der Waals surface area contributed by atoms with Gasteiger partial charge in [-0.1, -0.05) is 0 Å². The lowest BCUT2D eigenvalue weighted by atomic mass is 9.94. The Labute approximate surface area is 199 Å². The monoisotopic (exact) mass is 485 g/mol. The first-order valence-electron chi connectivity index (χ1n) is 11.3. The van der Waals surface area contributed by atoms with Crippen LogP contribution in [0.25, 0.3) is 11.4 Å². The Morgan fingerprint density at radius 3 is 2.60 bits per heavy atom. The molecule has 6 nitrogen and oxygen atoms in total. The highest BCUT2D eigenvalue weighted by molar-refractivity contribution is 6.01. The third kappa shape index (κ3) is 4.33. The van der Waals surface area contributed by atoms with Crippen molar-refractivity contribution in [1.82, 2.24) is 19.9 Å². The maximum atomic E-state index is 14.2. The molecule has 2 unspecified atom stereocenters. The van der Waals surface area contributed by atoms with Crippen LogP contribution >= 0.6 is 0 Å². The summed E-state index contributed by atoms with van der Waals surface area (Å²) >= 11 is 0. The second-order valence-electron chi connectivity index (χ2n) is 9.27. The molecule has 0 N–H and O–H groups in total. The molecule has 1 saturated carbocycles. The van der Waals surface area contributed by atoms with Gasteiger partial charge in [-0.3, -0.25) is 4.79 Å². The molecule has 5 rings (SSSR count). The average molecular weight is 485 g/mol. The maximum absolute atomic E-state index is 14.2. The lowest BCUT2D eigenvalue weighted by molar-refractivity contribution is -0.137. The molecule has 2 atom stereocenters. The van der Waals surface area contributed by atoms with E-state index in [1.165, 1.54) is 24.3 Å². The second-order valence-corrected chi connectivity index (χ2v) is 9.27. The number of hydrogen-bond acceptors (Lipinski definition) is 5. The molecule has 1 aliphatic carbocycles. The molecule has 1 saturated heterocycles. The zero-order valence-corrected chi connectivity index (χ0v) is 19.0. The Kier molecular flexibility index (Phi) is 5.69. The van der Waals surface area contributed by atoms with Crippen LogP contribution in [0.2, 0.25) is 0 Å². The number of rotatable bonds is 5. The first-order valence-corrected chi connectivity index (χ1v) is 11.3. The normalized spacial score (nSPS) is 21.4. The number of carbonyl (C=O) groups is 1. The molecule has 182 valence electrons. The van der Waals surface area contributed by atoms with E-state index in [1.807, 2.05) is 0 Å². The van der Waals surface area contributed by atoms with Crippen molar-refractivity contribution in [2.24, 2.45) is 5.92 Å². The van der Waals surface area contributed by atoms with Gasteiger partial charge in [0.15, 0.2) is 5.82 Å². The van der Waals surface area contributed by atoms with Gasteiger partial charge in [0.25, 0.3) is 5.91 Å². The number of piperidine rings is 1. The number of fused-ring (bicyclic) bond motifs is 2. The smallest absolute Gasteiger partial charge is 0.357 e. The lowest BCUT2D eigenvalue weighted by Gasteiger charge is -2.42. The number of anilines is 1. The van der Waals surface area contributed by atoms with Gasteiger partial charge in [0.1, 0.15) is 11.6 Å². The van der Waals surface area contributed by atoms with Crippen LogP contribution < -0.4 is 4.90 Å². The van der Waals surface area contributed by atoms with Gasteiger partial charge in [-0.05, 0) is 61.6 Å². The summed E-state index contributed by atoms with van der Waals surface area (Å²) < 4.78 is 53.0. The lowest BCUT2D eigenvalue weighted by Crippen LogP contribution is -2.54.